The molecule has 0 unspecified atom stereocenters. The second kappa shape index (κ2) is 28.2. The number of carbonyl (C=O) groups is 3. The van der Waals surface area contributed by atoms with Crippen molar-refractivity contribution in [1.82, 2.24) is 68.0 Å². The van der Waals surface area contributed by atoms with Crippen LogP contribution in [0.15, 0.2) is 49.1 Å². The summed E-state index contributed by atoms with van der Waals surface area (Å²) in [5.41, 5.74) is 6.65. The van der Waals surface area contributed by atoms with E-state index in [-0.39, 0.29) is 139 Å². The van der Waals surface area contributed by atoms with E-state index in [0.717, 1.165) is 58.8 Å². The molecule has 3 fully saturated rings. The maximum absolute atomic E-state index is 16.2. The Balaban J connectivity index is 0.000000196. The third-order valence-corrected chi connectivity index (χ3v) is 16.4. The van der Waals surface area contributed by atoms with Crippen LogP contribution in [0.5, 0.6) is 0 Å². The second-order valence-electron chi connectivity index (χ2n) is 21.9. The zero-order valence-electron chi connectivity index (χ0n) is 50.6. The number of hydrogen-bond donors (Lipinski definition) is 0. The van der Waals surface area contributed by atoms with Gasteiger partial charge in [-0.2, -0.15) is 20.4 Å². The molecular weight excluding hydrogens is 1290 g/mol. The number of imidazole rings is 2. The number of amides is 2. The Labute approximate surface area is 596 Å². The van der Waals surface area contributed by atoms with Gasteiger partial charge in [0.15, 0.2) is 0 Å². The molecule has 0 atom stereocenters. The van der Waals surface area contributed by atoms with Crippen molar-refractivity contribution in [2.75, 3.05) is 13.1 Å². The predicted octanol–water partition coefficient (Wildman–Crippen LogP) is 1.72. The first-order chi connectivity index (χ1) is 38.8. The number of hydrogen-bond acceptors (Lipinski definition) is 13. The van der Waals surface area contributed by atoms with Gasteiger partial charge < -0.3 is 39.8 Å². The largest absolute Gasteiger partial charge is 1.00 e. The maximum atomic E-state index is 16.2. The molecule has 21 nitrogen and oxygen atoms in total. The molecule has 0 bridgehead atoms. The van der Waals surface area contributed by atoms with Crippen molar-refractivity contribution in [2.45, 2.75) is 128 Å². The van der Waals surface area contributed by atoms with Gasteiger partial charge in [-0.15, -0.1) is 23.2 Å². The predicted molar refractivity (Wildman–Crippen MR) is 313 cm³/mol. The van der Waals surface area contributed by atoms with Crippen molar-refractivity contribution in [2.24, 2.45) is 28.2 Å². The fourth-order valence-electron chi connectivity index (χ4n) is 10.3. The minimum Gasteiger partial charge on any atom is -1.00 e. The number of alkyl halides is 2. The number of fused-ring (bicyclic) bond motifs is 4. The summed E-state index contributed by atoms with van der Waals surface area (Å²) in [6, 6.07) is 7.26. The van der Waals surface area contributed by atoms with Crippen LogP contribution in [0.2, 0.25) is 0 Å². The minimum absolute atomic E-state index is 0. The van der Waals surface area contributed by atoms with E-state index in [0.29, 0.717) is 81.4 Å². The minimum atomic E-state index is -0.758. The Morgan fingerprint density at radius 3 is 1.60 bits per heavy atom. The van der Waals surface area contributed by atoms with Gasteiger partial charge in [-0.1, -0.05) is 6.07 Å². The molecule has 9 heterocycles. The Hall–Kier alpha value is -2.98. The number of nitrogens with zero attached hydrogens (tertiary/aromatic N) is 14. The number of halogens is 5. The fraction of sp³-hybridized carbons (Fsp3) is 0.473. The molecule has 2 amide bonds. The monoisotopic (exact) mass is 1360 g/mol. The van der Waals surface area contributed by atoms with E-state index in [2.05, 4.69) is 62.0 Å². The van der Waals surface area contributed by atoms with Gasteiger partial charge in [-0.3, -0.25) is 33.1 Å². The second-order valence-corrected chi connectivity index (χ2v) is 24.5. The van der Waals surface area contributed by atoms with Gasteiger partial charge in [0.1, 0.15) is 43.2 Å². The van der Waals surface area contributed by atoms with Crippen LogP contribution in [0.3, 0.4) is 0 Å². The SMILES string of the molecule is CC(=O)N1CCn2c(C3CC3)nc(-c3ccc4c(c(-c5cnn(C)c5)nn4C)c3F)c2C1.CC(=O)N1CCn2c(C3CC3)nc(I)c2C1.CC(Cl)Cl.Cn1cc(-c2nn(C)c3ccc(B4OC(C)(C)C(C)(C)O4)c(F)c23)cn1.O=CO[O-].[H-].[K+].[K+]. The molecule has 13 rings (SSSR count). The number of benzene rings is 2. The molecule has 84 heavy (non-hydrogen) atoms. The number of aromatic nitrogens is 12. The van der Waals surface area contributed by atoms with E-state index in [1.165, 1.54) is 24.4 Å². The molecule has 3 aliphatic heterocycles. The van der Waals surface area contributed by atoms with Crippen LogP contribution in [0.25, 0.3) is 55.6 Å². The number of carbonyl (C=O) groups excluding carboxylic acids is 3. The van der Waals surface area contributed by atoms with Crippen molar-refractivity contribution in [3.05, 3.63) is 87.4 Å². The maximum Gasteiger partial charge on any atom is 1.00 e. The molecule has 2 aliphatic carbocycles. The summed E-state index contributed by atoms with van der Waals surface area (Å²) in [4.78, 5) is 47.8. The van der Waals surface area contributed by atoms with Crippen LogP contribution < -0.4 is 113 Å². The van der Waals surface area contributed by atoms with Crippen molar-refractivity contribution >= 4 is 98.5 Å². The summed E-state index contributed by atoms with van der Waals surface area (Å²) in [5.74, 6) is 2.88. The normalized spacial score (nSPS) is 16.4. The Morgan fingerprint density at radius 1 is 0.738 bits per heavy atom. The van der Waals surface area contributed by atoms with Crippen LogP contribution in [0.1, 0.15) is 110 Å². The number of rotatable bonds is 7. The van der Waals surface area contributed by atoms with E-state index in [1.807, 2.05) is 78.3 Å². The van der Waals surface area contributed by atoms with Gasteiger partial charge in [0, 0.05) is 115 Å². The Morgan fingerprint density at radius 2 is 1.17 bits per heavy atom. The van der Waals surface area contributed by atoms with Gasteiger partial charge in [0.2, 0.25) is 11.8 Å². The van der Waals surface area contributed by atoms with Crippen LogP contribution in [-0.2, 0) is 82.9 Å². The molecular formula is C55H66BCl2F2IK2N14O7. The first kappa shape index (κ1) is 68.5. The van der Waals surface area contributed by atoms with E-state index in [9.17, 15) is 9.59 Å². The average Bonchev–Trinajstić information content (AvgIpc) is 1.71. The summed E-state index contributed by atoms with van der Waals surface area (Å²) in [5, 5.41) is 26.8. The van der Waals surface area contributed by atoms with E-state index in [4.69, 9.17) is 47.5 Å². The summed E-state index contributed by atoms with van der Waals surface area (Å²) in [6.07, 6.45) is 11.8. The molecule has 6 aromatic heterocycles. The Kier molecular flexibility index (Phi) is 23.0. The van der Waals surface area contributed by atoms with Crippen LogP contribution in [-0.4, -0.2) is 123 Å². The number of aryl methyl sites for hydroxylation is 4. The average molecular weight is 1360 g/mol. The molecule has 29 heteroatoms. The third-order valence-electron chi connectivity index (χ3n) is 15.5. The van der Waals surface area contributed by atoms with Crippen molar-refractivity contribution < 1.29 is 147 Å². The van der Waals surface area contributed by atoms with E-state index in [1.54, 1.807) is 76.0 Å². The third kappa shape index (κ3) is 14.7. The molecule has 5 aliphatic rings. The quantitative estimate of drug-likeness (QED) is 0.0556. The summed E-state index contributed by atoms with van der Waals surface area (Å²) in [7, 11) is 6.51. The Bertz CT molecular complexity index is 3700. The molecule has 0 radical (unpaired) electrons. The molecule has 0 spiro atoms. The van der Waals surface area contributed by atoms with Crippen LogP contribution in [0, 0.1) is 15.3 Å². The first-order valence-electron chi connectivity index (χ1n) is 26.8. The fourth-order valence-corrected chi connectivity index (χ4v) is 11.0. The van der Waals surface area contributed by atoms with Gasteiger partial charge in [-0.25, -0.2) is 18.7 Å². The summed E-state index contributed by atoms with van der Waals surface area (Å²) < 4.78 is 56.1. The van der Waals surface area contributed by atoms with Crippen LogP contribution in [0.4, 0.5) is 8.78 Å². The first-order valence-corrected chi connectivity index (χ1v) is 28.8. The molecule has 438 valence electrons. The summed E-state index contributed by atoms with van der Waals surface area (Å²) >= 11 is 12.4. The zero-order chi connectivity index (χ0) is 59.3. The van der Waals surface area contributed by atoms with Crippen molar-refractivity contribution in [3.63, 3.8) is 0 Å². The van der Waals surface area contributed by atoms with Gasteiger partial charge in [0.25, 0.3) is 6.47 Å². The van der Waals surface area contributed by atoms with Crippen LogP contribution >= 0.6 is 45.8 Å². The van der Waals surface area contributed by atoms with Gasteiger partial charge in [0.05, 0.1) is 75.6 Å². The topological polar surface area (TPSA) is 215 Å². The van der Waals surface area contributed by atoms with Crippen molar-refractivity contribution in [1.29, 1.82) is 0 Å². The van der Waals surface area contributed by atoms with Crippen molar-refractivity contribution in [3.8, 4) is 33.8 Å². The standard InChI is InChI=1S/C23H24FN7O.C18H22BFN4O2.C11H14IN3O.C2H4Cl2.CH2O3.2K.H/c1-13(32)30-8-9-31-18(12-30)22(26-23(31)14-4-5-14)16-6-7-17-19(20(16)24)21(27-29(17)3)15-10-25-28(2)11-15;1-17(2)18(3,4)26-19(25-17)12-7-8-13-14(15(12)20)16(22-24(13)6)11-9-21-23(5)10-11;1-7(16)14-4-5-15-9(6-14)10(12)13-11(15)8-2-3-8;1-2(3)4;2-1-4-3;;;/h6-7,10-11,14H,4-5,8-9,12H2,1-3H3;7-10H,1-6H3;8H,2-6H2,1H3;2H,1H3;1,3H;;;/q;;;;;2*+1;-1/p-1. The molecule has 1 saturated heterocycles. The van der Waals surface area contributed by atoms with Gasteiger partial charge >= 0.3 is 110 Å². The van der Waals surface area contributed by atoms with E-state index < -0.39 is 18.3 Å². The zero-order valence-corrected chi connectivity index (χ0v) is 59.5. The van der Waals surface area contributed by atoms with E-state index >= 15 is 8.78 Å². The molecule has 0 N–H and O–H groups in total. The smallest absolute Gasteiger partial charge is 1.00 e. The van der Waals surface area contributed by atoms with Gasteiger partial charge in [-0.05, 0) is 101 Å². The molecule has 2 aromatic carbocycles. The summed E-state index contributed by atoms with van der Waals surface area (Å²) in [6.45, 7) is 16.8. The molecule has 2 saturated carbocycles. The molecule has 8 aromatic rings.